The van der Waals surface area contributed by atoms with E-state index in [4.69, 9.17) is 4.74 Å². The van der Waals surface area contributed by atoms with Crippen LogP contribution in [0.1, 0.15) is 23.3 Å². The minimum absolute atomic E-state index is 0.163. The number of carboxylic acid groups (broad SMARTS) is 1. The zero-order chi connectivity index (χ0) is 21.4. The monoisotopic (exact) mass is 417 g/mol. The van der Waals surface area contributed by atoms with E-state index in [0.29, 0.717) is 11.3 Å². The number of benzene rings is 2. The van der Waals surface area contributed by atoms with E-state index in [-0.39, 0.29) is 22.5 Å². The van der Waals surface area contributed by atoms with Gasteiger partial charge in [-0.1, -0.05) is 42.5 Å². The number of aliphatic carboxylic acids is 1. The molecule has 0 aliphatic rings. The molecule has 2 rings (SSSR count). The van der Waals surface area contributed by atoms with Crippen molar-refractivity contribution in [3.63, 3.8) is 0 Å². The summed E-state index contributed by atoms with van der Waals surface area (Å²) in [6.45, 7) is 1.28. The molecule has 0 heterocycles. The fourth-order valence-electron chi connectivity index (χ4n) is 2.60. The van der Waals surface area contributed by atoms with Gasteiger partial charge in [0.15, 0.2) is 11.5 Å². The van der Waals surface area contributed by atoms with Gasteiger partial charge < -0.3 is 25.4 Å². The summed E-state index contributed by atoms with van der Waals surface area (Å²) in [6.07, 6.45) is 3.58. The molecule has 0 fully saturated rings. The first-order valence-corrected chi connectivity index (χ1v) is 9.81. The van der Waals surface area contributed by atoms with Crippen molar-refractivity contribution in [2.45, 2.75) is 18.2 Å². The highest BCUT2D eigenvalue weighted by Crippen LogP contribution is 2.36. The molecule has 2 aromatic rings. The second-order valence-electron chi connectivity index (χ2n) is 6.20. The van der Waals surface area contributed by atoms with Crippen LogP contribution in [-0.2, 0) is 9.59 Å². The van der Waals surface area contributed by atoms with Crippen LogP contribution in [0.15, 0.2) is 48.5 Å². The molecule has 7 nitrogen and oxygen atoms in total. The average Bonchev–Trinajstić information content (AvgIpc) is 2.69. The number of thioether (sulfide) groups is 1. The lowest BCUT2D eigenvalue weighted by Gasteiger charge is -2.18. The van der Waals surface area contributed by atoms with E-state index in [9.17, 15) is 24.9 Å². The lowest BCUT2D eigenvalue weighted by Crippen LogP contribution is -2.41. The highest BCUT2D eigenvalue weighted by atomic mass is 32.2. The van der Waals surface area contributed by atoms with Gasteiger partial charge in [0.05, 0.1) is 7.11 Å². The summed E-state index contributed by atoms with van der Waals surface area (Å²) >= 11 is 1.36. The third-order valence-electron chi connectivity index (χ3n) is 4.02. The number of phenols is 2. The number of hydrogen-bond donors (Lipinski definition) is 4. The van der Waals surface area contributed by atoms with Gasteiger partial charge in [-0.3, -0.25) is 4.79 Å². The summed E-state index contributed by atoms with van der Waals surface area (Å²) in [7, 11) is 1.46. The molecule has 0 spiro atoms. The van der Waals surface area contributed by atoms with Gasteiger partial charge in [-0.2, -0.15) is 0 Å². The second-order valence-corrected chi connectivity index (χ2v) is 7.37. The third-order valence-corrected chi connectivity index (χ3v) is 5.34. The molecule has 0 saturated carbocycles. The number of carboxylic acids is 1. The Morgan fingerprint density at radius 3 is 2.41 bits per heavy atom. The minimum Gasteiger partial charge on any atom is -0.504 e. The van der Waals surface area contributed by atoms with Crippen LogP contribution in [0.25, 0.3) is 6.08 Å². The predicted molar refractivity (Wildman–Crippen MR) is 112 cm³/mol. The van der Waals surface area contributed by atoms with Gasteiger partial charge in [-0.15, -0.1) is 11.8 Å². The summed E-state index contributed by atoms with van der Waals surface area (Å²) in [5.41, 5.74) is 1.50. The number of amides is 1. The Hall–Kier alpha value is -3.13. The largest absolute Gasteiger partial charge is 0.504 e. The maximum atomic E-state index is 11.4. The standard InChI is InChI=1S/C21H23NO6S/c1-13(23)22-16(21(26)27)12-29-20(14-6-4-3-5-7-14)9-8-15-10-17(24)18(25)11-19(15)28-2/h3-11,16,20,24-25H,12H2,1-2H3,(H,22,23)(H,26,27)/b9-8+. The number of carbonyl (C=O) groups excluding carboxylic acids is 1. The Kier molecular flexibility index (Phi) is 7.97. The molecule has 8 heteroatoms. The smallest absolute Gasteiger partial charge is 0.327 e. The van der Waals surface area contributed by atoms with Crippen molar-refractivity contribution in [3.8, 4) is 17.2 Å². The summed E-state index contributed by atoms with van der Waals surface area (Å²) in [6, 6.07) is 11.2. The molecule has 0 radical (unpaired) electrons. The van der Waals surface area contributed by atoms with Crippen LogP contribution in [0, 0.1) is 0 Å². The second kappa shape index (κ2) is 10.4. The first-order valence-electron chi connectivity index (χ1n) is 8.76. The molecular formula is C21H23NO6S. The molecule has 0 aliphatic carbocycles. The van der Waals surface area contributed by atoms with Crippen molar-refractivity contribution >= 4 is 29.7 Å². The van der Waals surface area contributed by atoms with Crippen LogP contribution in [0.2, 0.25) is 0 Å². The molecule has 0 aliphatic heterocycles. The molecule has 2 aromatic carbocycles. The number of phenolic OH excluding ortho intramolecular Hbond substituents is 2. The molecule has 154 valence electrons. The number of ether oxygens (including phenoxy) is 1. The SMILES string of the molecule is COc1cc(O)c(O)cc1/C=C/C(SCC(NC(C)=O)C(=O)O)c1ccccc1. The summed E-state index contributed by atoms with van der Waals surface area (Å²) in [4.78, 5) is 22.7. The zero-order valence-electron chi connectivity index (χ0n) is 16.0. The van der Waals surface area contributed by atoms with E-state index >= 15 is 0 Å². The topological polar surface area (TPSA) is 116 Å². The molecule has 0 saturated heterocycles. The fraction of sp³-hybridized carbons (Fsp3) is 0.238. The molecule has 29 heavy (non-hydrogen) atoms. The number of methoxy groups -OCH3 is 1. The summed E-state index contributed by atoms with van der Waals surface area (Å²) < 4.78 is 5.24. The highest BCUT2D eigenvalue weighted by Gasteiger charge is 2.21. The van der Waals surface area contributed by atoms with Crippen LogP contribution in [0.5, 0.6) is 17.2 Å². The van der Waals surface area contributed by atoms with E-state index in [1.165, 1.54) is 37.9 Å². The Bertz CT molecular complexity index is 884. The predicted octanol–water partition coefficient (Wildman–Crippen LogP) is 3.18. The van der Waals surface area contributed by atoms with Gasteiger partial charge >= 0.3 is 5.97 Å². The van der Waals surface area contributed by atoms with Gasteiger partial charge in [0.2, 0.25) is 5.91 Å². The molecule has 2 atom stereocenters. The number of rotatable bonds is 9. The van der Waals surface area contributed by atoms with Crippen molar-refractivity contribution in [1.29, 1.82) is 0 Å². The molecule has 2 unspecified atom stereocenters. The molecular weight excluding hydrogens is 394 g/mol. The van der Waals surface area contributed by atoms with Crippen LogP contribution >= 0.6 is 11.8 Å². The molecule has 0 bridgehead atoms. The maximum Gasteiger partial charge on any atom is 0.327 e. The first-order chi connectivity index (χ1) is 13.8. The van der Waals surface area contributed by atoms with Gasteiger partial charge in [0.1, 0.15) is 11.8 Å². The van der Waals surface area contributed by atoms with E-state index < -0.39 is 17.9 Å². The summed E-state index contributed by atoms with van der Waals surface area (Å²) in [5.74, 6) is -1.52. The van der Waals surface area contributed by atoms with Crippen molar-refractivity contribution < 1.29 is 29.6 Å². The summed E-state index contributed by atoms with van der Waals surface area (Å²) in [5, 5.41) is 30.9. The number of nitrogens with one attached hydrogen (secondary N) is 1. The molecule has 0 aromatic heterocycles. The van der Waals surface area contributed by atoms with Crippen molar-refractivity contribution in [1.82, 2.24) is 5.32 Å². The van der Waals surface area contributed by atoms with Crippen LogP contribution in [0.4, 0.5) is 0 Å². The normalized spacial score (nSPS) is 13.0. The Balaban J connectivity index is 2.28. The van der Waals surface area contributed by atoms with E-state index in [2.05, 4.69) is 5.32 Å². The third kappa shape index (κ3) is 6.46. The zero-order valence-corrected chi connectivity index (χ0v) is 16.8. The van der Waals surface area contributed by atoms with E-state index in [0.717, 1.165) is 5.56 Å². The average molecular weight is 417 g/mol. The van der Waals surface area contributed by atoms with Gasteiger partial charge in [0.25, 0.3) is 0 Å². The number of aromatic hydroxyl groups is 2. The number of hydrogen-bond acceptors (Lipinski definition) is 6. The molecule has 4 N–H and O–H groups in total. The Labute approximate surface area is 173 Å². The first kappa shape index (κ1) is 22.2. The minimum atomic E-state index is -1.10. The quantitative estimate of drug-likeness (QED) is 0.463. The number of carbonyl (C=O) groups is 2. The van der Waals surface area contributed by atoms with Crippen LogP contribution in [0.3, 0.4) is 0 Å². The highest BCUT2D eigenvalue weighted by molar-refractivity contribution is 7.99. The van der Waals surface area contributed by atoms with Crippen molar-refractivity contribution in [2.75, 3.05) is 12.9 Å². The fourth-order valence-corrected chi connectivity index (χ4v) is 3.76. The van der Waals surface area contributed by atoms with Crippen molar-refractivity contribution in [2.24, 2.45) is 0 Å². The van der Waals surface area contributed by atoms with E-state index in [1.54, 1.807) is 6.08 Å². The molecule has 1 amide bonds. The van der Waals surface area contributed by atoms with Gasteiger partial charge in [0, 0.05) is 29.6 Å². The lowest BCUT2D eigenvalue weighted by atomic mass is 10.1. The van der Waals surface area contributed by atoms with E-state index in [1.807, 2.05) is 36.4 Å². The Morgan fingerprint density at radius 1 is 1.17 bits per heavy atom. The Morgan fingerprint density at radius 2 is 1.83 bits per heavy atom. The van der Waals surface area contributed by atoms with Crippen LogP contribution in [-0.4, -0.2) is 46.1 Å². The lowest BCUT2D eigenvalue weighted by molar-refractivity contribution is -0.140. The van der Waals surface area contributed by atoms with Crippen molar-refractivity contribution in [3.05, 3.63) is 59.7 Å². The van der Waals surface area contributed by atoms with Gasteiger partial charge in [-0.25, -0.2) is 4.79 Å². The van der Waals surface area contributed by atoms with Gasteiger partial charge in [-0.05, 0) is 11.6 Å². The maximum absolute atomic E-state index is 11.4. The van der Waals surface area contributed by atoms with Crippen LogP contribution < -0.4 is 10.1 Å².